The summed E-state index contributed by atoms with van der Waals surface area (Å²) in [4.78, 5) is 10.3. The van der Waals surface area contributed by atoms with Crippen LogP contribution in [0.25, 0.3) is 0 Å². The summed E-state index contributed by atoms with van der Waals surface area (Å²) >= 11 is 0. The molecule has 0 saturated carbocycles. The lowest BCUT2D eigenvalue weighted by Crippen LogP contribution is -1.98. The van der Waals surface area contributed by atoms with Crippen molar-refractivity contribution in [2.24, 2.45) is 0 Å². The van der Waals surface area contributed by atoms with E-state index in [0.29, 0.717) is 6.61 Å². The quantitative estimate of drug-likeness (QED) is 0.143. The molecule has 0 atom stereocenters. The van der Waals surface area contributed by atoms with Gasteiger partial charge in [-0.1, -0.05) is 103 Å². The molecule has 1 aromatic carbocycles. The summed E-state index contributed by atoms with van der Waals surface area (Å²) in [5, 5.41) is 20.5. The molecule has 0 aromatic heterocycles. The van der Waals surface area contributed by atoms with Gasteiger partial charge in [-0.3, -0.25) is 10.1 Å². The van der Waals surface area contributed by atoms with Crippen molar-refractivity contribution in [2.75, 3.05) is 6.61 Å². The Bertz CT molecular complexity index is 548. The molecule has 1 aromatic rings. The number of phenolic OH excluding ortho intramolecular Hbond substituents is 1. The molecule has 0 radical (unpaired) electrons. The van der Waals surface area contributed by atoms with Gasteiger partial charge in [0, 0.05) is 6.07 Å². The monoisotopic (exact) mass is 407 g/mol. The zero-order valence-electron chi connectivity index (χ0n) is 18.4. The summed E-state index contributed by atoms with van der Waals surface area (Å²) in [6.45, 7) is 2.75. The van der Waals surface area contributed by atoms with Gasteiger partial charge in [0.05, 0.1) is 17.6 Å². The molecule has 0 saturated heterocycles. The Balaban J connectivity index is 1.87. The highest BCUT2D eigenvalue weighted by Crippen LogP contribution is 2.30. The van der Waals surface area contributed by atoms with Crippen molar-refractivity contribution in [3.63, 3.8) is 0 Å². The number of hydrogen-bond donors (Lipinski definition) is 1. The first-order valence-corrected chi connectivity index (χ1v) is 11.8. The SMILES string of the molecule is CCCCCCCCCCCCCCCCCCOc1cc([N+](=O)[O-])ccc1O. The molecule has 5 heteroatoms. The highest BCUT2D eigenvalue weighted by molar-refractivity contribution is 5.47. The first kappa shape index (κ1) is 25.3. The van der Waals surface area contributed by atoms with Crippen LogP contribution >= 0.6 is 0 Å². The standard InChI is InChI=1S/C24H41NO4/c1-2-3-4-5-6-7-8-9-10-11-12-13-14-15-16-17-20-29-24-21-22(25(27)28)18-19-23(24)26/h18-19,21,26H,2-17,20H2,1H3. The van der Waals surface area contributed by atoms with Crippen molar-refractivity contribution >= 4 is 5.69 Å². The second-order valence-electron chi connectivity index (χ2n) is 8.06. The number of aromatic hydroxyl groups is 1. The second-order valence-corrected chi connectivity index (χ2v) is 8.06. The Labute approximate surface area is 177 Å². The largest absolute Gasteiger partial charge is 0.504 e. The van der Waals surface area contributed by atoms with E-state index in [1.165, 1.54) is 108 Å². The van der Waals surface area contributed by atoms with Crippen LogP contribution in [0.2, 0.25) is 0 Å². The average molecular weight is 408 g/mol. The molecule has 0 aliphatic rings. The van der Waals surface area contributed by atoms with Crippen LogP contribution in [0, 0.1) is 10.1 Å². The maximum absolute atomic E-state index is 10.8. The van der Waals surface area contributed by atoms with Crippen molar-refractivity contribution in [3.8, 4) is 11.5 Å². The van der Waals surface area contributed by atoms with Crippen molar-refractivity contribution in [1.29, 1.82) is 0 Å². The van der Waals surface area contributed by atoms with Crippen molar-refractivity contribution in [1.82, 2.24) is 0 Å². The van der Waals surface area contributed by atoms with Crippen LogP contribution in [0.15, 0.2) is 18.2 Å². The van der Waals surface area contributed by atoms with Gasteiger partial charge in [-0.05, 0) is 12.5 Å². The lowest BCUT2D eigenvalue weighted by Gasteiger charge is -2.08. The van der Waals surface area contributed by atoms with Crippen LogP contribution in [0.4, 0.5) is 5.69 Å². The summed E-state index contributed by atoms with van der Waals surface area (Å²) < 4.78 is 5.49. The summed E-state index contributed by atoms with van der Waals surface area (Å²) in [6, 6.07) is 3.86. The second kappa shape index (κ2) is 17.1. The molecule has 0 amide bonds. The van der Waals surface area contributed by atoms with E-state index in [4.69, 9.17) is 4.74 Å². The Morgan fingerprint density at radius 2 is 1.24 bits per heavy atom. The third-order valence-electron chi connectivity index (χ3n) is 5.41. The Hall–Kier alpha value is -1.78. The van der Waals surface area contributed by atoms with Crippen LogP contribution in [-0.2, 0) is 0 Å². The lowest BCUT2D eigenvalue weighted by atomic mass is 10.0. The molecular formula is C24H41NO4. The molecule has 0 spiro atoms. The van der Waals surface area contributed by atoms with Crippen molar-refractivity contribution < 1.29 is 14.8 Å². The van der Waals surface area contributed by atoms with Crippen molar-refractivity contribution in [3.05, 3.63) is 28.3 Å². The van der Waals surface area contributed by atoms with Crippen LogP contribution in [-0.4, -0.2) is 16.6 Å². The molecule has 5 nitrogen and oxygen atoms in total. The highest BCUT2D eigenvalue weighted by Gasteiger charge is 2.11. The fourth-order valence-electron chi connectivity index (χ4n) is 3.56. The van der Waals surface area contributed by atoms with Gasteiger partial charge in [-0.2, -0.15) is 0 Å². The van der Waals surface area contributed by atoms with E-state index in [2.05, 4.69) is 6.92 Å². The molecule has 0 bridgehead atoms. The molecule has 166 valence electrons. The maximum Gasteiger partial charge on any atom is 0.273 e. The number of ether oxygens (including phenoxy) is 1. The van der Waals surface area contributed by atoms with E-state index >= 15 is 0 Å². The predicted molar refractivity (Wildman–Crippen MR) is 120 cm³/mol. The fourth-order valence-corrected chi connectivity index (χ4v) is 3.56. The van der Waals surface area contributed by atoms with Gasteiger partial charge in [0.25, 0.3) is 5.69 Å². The molecule has 0 fully saturated rings. The third kappa shape index (κ3) is 13.1. The number of hydrogen-bond acceptors (Lipinski definition) is 4. The zero-order chi connectivity index (χ0) is 21.2. The number of phenols is 1. The average Bonchev–Trinajstić information content (AvgIpc) is 2.71. The van der Waals surface area contributed by atoms with Gasteiger partial charge >= 0.3 is 0 Å². The van der Waals surface area contributed by atoms with Crippen molar-refractivity contribution in [2.45, 2.75) is 110 Å². The van der Waals surface area contributed by atoms with Gasteiger partial charge < -0.3 is 9.84 Å². The molecule has 1 N–H and O–H groups in total. The minimum atomic E-state index is -0.485. The van der Waals surface area contributed by atoms with Gasteiger partial charge in [0.2, 0.25) is 0 Å². The molecule has 0 heterocycles. The Morgan fingerprint density at radius 1 is 0.793 bits per heavy atom. The van der Waals surface area contributed by atoms with Gasteiger partial charge in [0.15, 0.2) is 11.5 Å². The number of nitro groups is 1. The van der Waals surface area contributed by atoms with Crippen LogP contribution in [0.1, 0.15) is 110 Å². The number of non-ortho nitro benzene ring substituents is 1. The minimum absolute atomic E-state index is 0.0490. The summed E-state index contributed by atoms with van der Waals surface area (Å²) in [6.07, 6.45) is 21.1. The summed E-state index contributed by atoms with van der Waals surface area (Å²) in [7, 11) is 0. The molecule has 0 unspecified atom stereocenters. The molecule has 1 rings (SSSR count). The highest BCUT2D eigenvalue weighted by atomic mass is 16.6. The lowest BCUT2D eigenvalue weighted by molar-refractivity contribution is -0.385. The van der Waals surface area contributed by atoms with Gasteiger partial charge in [-0.25, -0.2) is 0 Å². The number of benzene rings is 1. The first-order valence-electron chi connectivity index (χ1n) is 11.8. The van der Waals surface area contributed by atoms with E-state index < -0.39 is 4.92 Å². The first-order chi connectivity index (χ1) is 14.1. The number of nitro benzene ring substituents is 1. The van der Waals surface area contributed by atoms with Gasteiger partial charge in [0.1, 0.15) is 0 Å². The summed E-state index contributed by atoms with van der Waals surface area (Å²) in [5.74, 6) is 0.146. The van der Waals surface area contributed by atoms with E-state index in [0.717, 1.165) is 12.8 Å². The number of unbranched alkanes of at least 4 members (excludes halogenated alkanes) is 15. The number of rotatable bonds is 19. The summed E-state index contributed by atoms with van der Waals surface area (Å²) in [5.41, 5.74) is -0.0650. The smallest absolute Gasteiger partial charge is 0.273 e. The molecule has 0 aliphatic heterocycles. The zero-order valence-corrected chi connectivity index (χ0v) is 18.4. The van der Waals surface area contributed by atoms with Gasteiger partial charge in [-0.15, -0.1) is 0 Å². The Kier molecular flexibility index (Phi) is 14.9. The van der Waals surface area contributed by atoms with Crippen LogP contribution in [0.3, 0.4) is 0 Å². The molecule has 29 heavy (non-hydrogen) atoms. The fraction of sp³-hybridized carbons (Fsp3) is 0.750. The number of nitrogens with zero attached hydrogens (tertiary/aromatic N) is 1. The van der Waals surface area contributed by atoms with Crippen LogP contribution < -0.4 is 4.74 Å². The topological polar surface area (TPSA) is 72.6 Å². The Morgan fingerprint density at radius 3 is 1.69 bits per heavy atom. The normalized spacial score (nSPS) is 10.9. The molecular weight excluding hydrogens is 366 g/mol. The third-order valence-corrected chi connectivity index (χ3v) is 5.41. The van der Waals surface area contributed by atoms with Crippen LogP contribution in [0.5, 0.6) is 11.5 Å². The molecule has 0 aliphatic carbocycles. The van der Waals surface area contributed by atoms with E-state index in [1.54, 1.807) is 0 Å². The van der Waals surface area contributed by atoms with E-state index in [1.807, 2.05) is 0 Å². The van der Waals surface area contributed by atoms with E-state index in [9.17, 15) is 15.2 Å². The predicted octanol–water partition coefficient (Wildman–Crippen LogP) is 7.94. The van der Waals surface area contributed by atoms with E-state index in [-0.39, 0.29) is 17.2 Å². The maximum atomic E-state index is 10.8. The minimum Gasteiger partial charge on any atom is -0.504 e.